The summed E-state index contributed by atoms with van der Waals surface area (Å²) in [6, 6.07) is 15.5. The van der Waals surface area contributed by atoms with Gasteiger partial charge < -0.3 is 5.32 Å². The molecule has 0 amide bonds. The van der Waals surface area contributed by atoms with Crippen molar-refractivity contribution in [1.29, 1.82) is 5.26 Å². The minimum absolute atomic E-state index is 0.0615. The number of rotatable bonds is 4. The molecule has 1 fully saturated rings. The molecule has 96 valence electrons. The van der Waals surface area contributed by atoms with Crippen LogP contribution in [0.15, 0.2) is 36.4 Å². The molecule has 0 aliphatic heterocycles. The van der Waals surface area contributed by atoms with Crippen molar-refractivity contribution < 1.29 is 0 Å². The minimum atomic E-state index is -0.0615. The van der Waals surface area contributed by atoms with E-state index < -0.39 is 0 Å². The van der Waals surface area contributed by atoms with Crippen LogP contribution in [0, 0.1) is 23.7 Å². The predicted octanol–water partition coefficient (Wildman–Crippen LogP) is 3.54. The Kier molecular flexibility index (Phi) is 3.00. The monoisotopic (exact) mass is 250 g/mol. The van der Waals surface area contributed by atoms with E-state index in [1.54, 1.807) is 0 Å². The summed E-state index contributed by atoms with van der Waals surface area (Å²) < 4.78 is 0. The molecule has 3 rings (SSSR count). The average Bonchev–Trinajstić information content (AvgIpc) is 3.19. The Hall–Kier alpha value is -1.85. The maximum absolute atomic E-state index is 9.03. The number of aryl methyl sites for hydroxylation is 1. The number of fused-ring (bicyclic) bond motifs is 1. The SMILES string of the molecule is Cc1ccc2cc(CNCC3(C#N)CC3)ccc2c1. The number of nitrogens with zero attached hydrogens (tertiary/aromatic N) is 1. The van der Waals surface area contributed by atoms with E-state index in [9.17, 15) is 0 Å². The molecule has 0 bridgehead atoms. The van der Waals surface area contributed by atoms with Crippen LogP contribution in [-0.4, -0.2) is 6.54 Å². The van der Waals surface area contributed by atoms with Gasteiger partial charge in [0.1, 0.15) is 0 Å². The van der Waals surface area contributed by atoms with Gasteiger partial charge in [-0.3, -0.25) is 0 Å². The molecule has 0 atom stereocenters. The quantitative estimate of drug-likeness (QED) is 0.901. The molecule has 0 aromatic heterocycles. The fourth-order valence-corrected chi connectivity index (χ4v) is 2.45. The lowest BCUT2D eigenvalue weighted by Gasteiger charge is -2.09. The summed E-state index contributed by atoms with van der Waals surface area (Å²) >= 11 is 0. The highest BCUT2D eigenvalue weighted by molar-refractivity contribution is 5.83. The summed E-state index contributed by atoms with van der Waals surface area (Å²) in [6.07, 6.45) is 2.10. The van der Waals surface area contributed by atoms with Crippen LogP contribution in [0.3, 0.4) is 0 Å². The number of hydrogen-bond donors (Lipinski definition) is 1. The molecule has 1 N–H and O–H groups in total. The van der Waals surface area contributed by atoms with Gasteiger partial charge in [-0.05, 0) is 42.2 Å². The topological polar surface area (TPSA) is 35.8 Å². The van der Waals surface area contributed by atoms with Crippen LogP contribution in [0.1, 0.15) is 24.0 Å². The molecule has 19 heavy (non-hydrogen) atoms. The van der Waals surface area contributed by atoms with Crippen molar-refractivity contribution in [1.82, 2.24) is 5.32 Å². The van der Waals surface area contributed by atoms with Crippen LogP contribution in [0.4, 0.5) is 0 Å². The Morgan fingerprint density at radius 3 is 2.63 bits per heavy atom. The molecule has 1 saturated carbocycles. The molecule has 0 radical (unpaired) electrons. The zero-order valence-electron chi connectivity index (χ0n) is 11.2. The second kappa shape index (κ2) is 4.68. The Balaban J connectivity index is 1.68. The molecule has 0 unspecified atom stereocenters. The van der Waals surface area contributed by atoms with E-state index in [0.717, 1.165) is 25.9 Å². The normalized spacial score (nSPS) is 16.2. The van der Waals surface area contributed by atoms with E-state index >= 15 is 0 Å². The predicted molar refractivity (Wildman–Crippen MR) is 77.7 cm³/mol. The zero-order chi connectivity index (χ0) is 13.3. The molecule has 2 nitrogen and oxygen atoms in total. The van der Waals surface area contributed by atoms with Crippen LogP contribution in [0.2, 0.25) is 0 Å². The van der Waals surface area contributed by atoms with Crippen molar-refractivity contribution in [2.75, 3.05) is 6.54 Å². The Labute approximate surface area is 114 Å². The van der Waals surface area contributed by atoms with Crippen LogP contribution >= 0.6 is 0 Å². The smallest absolute Gasteiger partial charge is 0.0703 e. The second-order valence-electron chi connectivity index (χ2n) is 5.68. The molecule has 2 aromatic rings. The molecule has 0 spiro atoms. The van der Waals surface area contributed by atoms with Gasteiger partial charge in [-0.2, -0.15) is 5.26 Å². The maximum atomic E-state index is 9.03. The van der Waals surface area contributed by atoms with E-state index in [1.807, 2.05) is 0 Å². The first-order chi connectivity index (χ1) is 9.21. The van der Waals surface area contributed by atoms with Gasteiger partial charge in [0.05, 0.1) is 11.5 Å². The van der Waals surface area contributed by atoms with Crippen LogP contribution in [-0.2, 0) is 6.54 Å². The third-order valence-electron chi connectivity index (χ3n) is 3.94. The molecular weight excluding hydrogens is 232 g/mol. The van der Waals surface area contributed by atoms with Crippen LogP contribution < -0.4 is 5.32 Å². The highest BCUT2D eigenvalue weighted by Crippen LogP contribution is 2.44. The van der Waals surface area contributed by atoms with Crippen molar-refractivity contribution in [2.45, 2.75) is 26.3 Å². The lowest BCUT2D eigenvalue weighted by Crippen LogP contribution is -2.22. The van der Waals surface area contributed by atoms with Gasteiger partial charge in [-0.25, -0.2) is 0 Å². The van der Waals surface area contributed by atoms with Gasteiger partial charge in [-0.1, -0.05) is 35.9 Å². The number of nitriles is 1. The fraction of sp³-hybridized carbons (Fsp3) is 0.353. The first-order valence-corrected chi connectivity index (χ1v) is 6.82. The van der Waals surface area contributed by atoms with Gasteiger partial charge >= 0.3 is 0 Å². The summed E-state index contributed by atoms with van der Waals surface area (Å²) in [4.78, 5) is 0. The molecule has 2 aromatic carbocycles. The fourth-order valence-electron chi connectivity index (χ4n) is 2.45. The van der Waals surface area contributed by atoms with Crippen LogP contribution in [0.5, 0.6) is 0 Å². The van der Waals surface area contributed by atoms with E-state index in [2.05, 4.69) is 54.7 Å². The third-order valence-corrected chi connectivity index (χ3v) is 3.94. The molecule has 1 aliphatic carbocycles. The van der Waals surface area contributed by atoms with Crippen molar-refractivity contribution in [3.05, 3.63) is 47.5 Å². The standard InChI is InChI=1S/C17H18N2/c1-13-2-4-16-9-14(3-5-15(16)8-13)10-19-12-17(11-18)6-7-17/h2-5,8-9,19H,6-7,10,12H2,1H3. The Bertz CT molecular complexity index is 648. The van der Waals surface area contributed by atoms with Gasteiger partial charge in [-0.15, -0.1) is 0 Å². The molecular formula is C17H18N2. The summed E-state index contributed by atoms with van der Waals surface area (Å²) in [5.74, 6) is 0. The number of nitrogens with one attached hydrogen (secondary N) is 1. The van der Waals surface area contributed by atoms with Gasteiger partial charge in [0.25, 0.3) is 0 Å². The highest BCUT2D eigenvalue weighted by Gasteiger charge is 2.42. The second-order valence-corrected chi connectivity index (χ2v) is 5.68. The first kappa shape index (κ1) is 12.2. The lowest BCUT2D eigenvalue weighted by atomic mass is 10.0. The van der Waals surface area contributed by atoms with Crippen molar-refractivity contribution >= 4 is 10.8 Å². The molecule has 0 heterocycles. The largest absolute Gasteiger partial charge is 0.311 e. The Morgan fingerprint density at radius 2 is 1.89 bits per heavy atom. The van der Waals surface area contributed by atoms with E-state index in [1.165, 1.54) is 21.9 Å². The van der Waals surface area contributed by atoms with Crippen molar-refractivity contribution in [2.24, 2.45) is 5.41 Å². The lowest BCUT2D eigenvalue weighted by molar-refractivity contribution is 0.558. The molecule has 0 saturated heterocycles. The first-order valence-electron chi connectivity index (χ1n) is 6.82. The van der Waals surface area contributed by atoms with E-state index in [-0.39, 0.29) is 5.41 Å². The minimum Gasteiger partial charge on any atom is -0.311 e. The van der Waals surface area contributed by atoms with Crippen molar-refractivity contribution in [3.8, 4) is 6.07 Å². The van der Waals surface area contributed by atoms with Gasteiger partial charge in [0, 0.05) is 13.1 Å². The van der Waals surface area contributed by atoms with E-state index in [0.29, 0.717) is 0 Å². The highest BCUT2D eigenvalue weighted by atomic mass is 14.9. The molecule has 2 heteroatoms. The van der Waals surface area contributed by atoms with E-state index in [4.69, 9.17) is 5.26 Å². The molecule has 1 aliphatic rings. The third kappa shape index (κ3) is 2.62. The number of hydrogen-bond acceptors (Lipinski definition) is 2. The van der Waals surface area contributed by atoms with Gasteiger partial charge in [0.15, 0.2) is 0 Å². The summed E-state index contributed by atoms with van der Waals surface area (Å²) in [6.45, 7) is 3.77. The summed E-state index contributed by atoms with van der Waals surface area (Å²) in [5.41, 5.74) is 2.52. The zero-order valence-corrected chi connectivity index (χ0v) is 11.2. The van der Waals surface area contributed by atoms with Crippen LogP contribution in [0.25, 0.3) is 10.8 Å². The maximum Gasteiger partial charge on any atom is 0.0703 e. The van der Waals surface area contributed by atoms with Crippen molar-refractivity contribution in [3.63, 3.8) is 0 Å². The summed E-state index contributed by atoms with van der Waals surface area (Å²) in [5, 5.41) is 15.0. The number of benzene rings is 2. The van der Waals surface area contributed by atoms with Gasteiger partial charge in [0.2, 0.25) is 0 Å². The Morgan fingerprint density at radius 1 is 1.16 bits per heavy atom. The average molecular weight is 250 g/mol. The summed E-state index contributed by atoms with van der Waals surface area (Å²) in [7, 11) is 0.